The standard InChI is InChI=1S/C27H30ClN3O5/c1-15-6-11-20-21(30(15)27(35)36-2)12-13-22-23(20)29-25(24(32)16-7-9-18(28)10-8-16)31(22)19-5-3-4-17(14-19)26(33)34/h7-10,12-13,15,17,19,24,32H,3-6,11,14H2,1-2H3,(H,33,34)/t15-,17+,19+,24+/m0/s1. The Balaban J connectivity index is 1.69. The van der Waals surface area contributed by atoms with Gasteiger partial charge in [0.2, 0.25) is 0 Å². The fraction of sp³-hybridized carbons (Fsp3) is 0.444. The number of hydrogen-bond acceptors (Lipinski definition) is 5. The minimum Gasteiger partial charge on any atom is -0.481 e. The maximum atomic E-state index is 12.6. The summed E-state index contributed by atoms with van der Waals surface area (Å²) < 4.78 is 7.08. The van der Waals surface area contributed by atoms with Crippen molar-refractivity contribution in [2.75, 3.05) is 12.0 Å². The Morgan fingerprint density at radius 3 is 2.58 bits per heavy atom. The Morgan fingerprint density at radius 2 is 1.89 bits per heavy atom. The van der Waals surface area contributed by atoms with Crippen molar-refractivity contribution < 1.29 is 24.5 Å². The van der Waals surface area contributed by atoms with E-state index in [4.69, 9.17) is 21.3 Å². The van der Waals surface area contributed by atoms with Gasteiger partial charge in [0.1, 0.15) is 11.9 Å². The summed E-state index contributed by atoms with van der Waals surface area (Å²) >= 11 is 6.07. The Kier molecular flexibility index (Phi) is 6.66. The zero-order valence-electron chi connectivity index (χ0n) is 20.4. The van der Waals surface area contributed by atoms with Crippen LogP contribution in [0.5, 0.6) is 0 Å². The molecule has 8 nitrogen and oxygen atoms in total. The van der Waals surface area contributed by atoms with Gasteiger partial charge in [-0.2, -0.15) is 0 Å². The number of imidazole rings is 1. The molecule has 2 aromatic carbocycles. The second kappa shape index (κ2) is 9.75. The van der Waals surface area contributed by atoms with Crippen molar-refractivity contribution in [2.45, 2.75) is 63.6 Å². The summed E-state index contributed by atoms with van der Waals surface area (Å²) in [6, 6.07) is 10.7. The van der Waals surface area contributed by atoms with Gasteiger partial charge >= 0.3 is 12.1 Å². The van der Waals surface area contributed by atoms with Gasteiger partial charge in [0.15, 0.2) is 0 Å². The van der Waals surface area contributed by atoms with Crippen LogP contribution in [0.15, 0.2) is 36.4 Å². The van der Waals surface area contributed by atoms with E-state index in [2.05, 4.69) is 0 Å². The number of methoxy groups -OCH3 is 1. The molecule has 2 heterocycles. The highest BCUT2D eigenvalue weighted by atomic mass is 35.5. The predicted octanol–water partition coefficient (Wildman–Crippen LogP) is 5.49. The topological polar surface area (TPSA) is 105 Å². The summed E-state index contributed by atoms with van der Waals surface area (Å²) in [5.74, 6) is -0.751. The Labute approximate surface area is 214 Å². The molecule has 0 unspecified atom stereocenters. The lowest BCUT2D eigenvalue weighted by molar-refractivity contribution is -0.143. The number of aliphatic hydroxyl groups is 1. The number of aromatic nitrogens is 2. The van der Waals surface area contributed by atoms with Crippen molar-refractivity contribution in [1.82, 2.24) is 9.55 Å². The average Bonchev–Trinajstić information content (AvgIpc) is 3.28. The summed E-state index contributed by atoms with van der Waals surface area (Å²) in [4.78, 5) is 31.0. The van der Waals surface area contributed by atoms with Crippen LogP contribution < -0.4 is 4.90 Å². The molecule has 1 amide bonds. The van der Waals surface area contributed by atoms with Gasteiger partial charge < -0.3 is 19.5 Å². The van der Waals surface area contributed by atoms with Crippen LogP contribution in [-0.2, 0) is 16.0 Å². The minimum absolute atomic E-state index is 0.0155. The van der Waals surface area contributed by atoms with E-state index in [9.17, 15) is 19.8 Å². The van der Waals surface area contributed by atoms with Gasteiger partial charge in [0.25, 0.3) is 0 Å². The van der Waals surface area contributed by atoms with Gasteiger partial charge in [-0.05, 0) is 68.9 Å². The summed E-state index contributed by atoms with van der Waals surface area (Å²) in [6.45, 7) is 1.99. The number of halogens is 1. The molecule has 1 fully saturated rings. The molecule has 0 saturated heterocycles. The number of benzene rings is 2. The number of amides is 1. The first-order valence-electron chi connectivity index (χ1n) is 12.4. The zero-order chi connectivity index (χ0) is 25.6. The Bertz CT molecular complexity index is 1300. The Morgan fingerprint density at radius 1 is 1.14 bits per heavy atom. The van der Waals surface area contributed by atoms with Gasteiger partial charge in [-0.15, -0.1) is 0 Å². The lowest BCUT2D eigenvalue weighted by atomic mass is 9.85. The number of carboxylic acid groups (broad SMARTS) is 1. The number of rotatable bonds is 4. The maximum absolute atomic E-state index is 12.6. The number of ether oxygens (including phenoxy) is 1. The van der Waals surface area contributed by atoms with E-state index in [1.54, 1.807) is 29.2 Å². The number of nitrogens with zero attached hydrogens (tertiary/aromatic N) is 3. The highest BCUT2D eigenvalue weighted by molar-refractivity contribution is 6.30. The quantitative estimate of drug-likeness (QED) is 0.479. The summed E-state index contributed by atoms with van der Waals surface area (Å²) in [5, 5.41) is 21.7. The van der Waals surface area contributed by atoms with Crippen LogP contribution in [0.4, 0.5) is 10.5 Å². The van der Waals surface area contributed by atoms with E-state index >= 15 is 0 Å². The van der Waals surface area contributed by atoms with Crippen molar-refractivity contribution in [2.24, 2.45) is 5.92 Å². The van der Waals surface area contributed by atoms with Gasteiger partial charge in [0, 0.05) is 22.7 Å². The smallest absolute Gasteiger partial charge is 0.414 e. The lowest BCUT2D eigenvalue weighted by Crippen LogP contribution is -2.42. The first-order valence-corrected chi connectivity index (χ1v) is 12.7. The van der Waals surface area contributed by atoms with Crippen LogP contribution in [0.2, 0.25) is 5.02 Å². The highest BCUT2D eigenvalue weighted by Gasteiger charge is 2.35. The summed E-state index contributed by atoms with van der Waals surface area (Å²) in [6.07, 6.45) is 2.77. The zero-order valence-corrected chi connectivity index (χ0v) is 21.1. The average molecular weight is 512 g/mol. The van der Waals surface area contributed by atoms with Crippen molar-refractivity contribution >= 4 is 40.4 Å². The SMILES string of the molecule is COC(=O)N1c2ccc3c(nc([C@H](O)c4ccc(Cl)cc4)n3[C@@H]3CCC[C@@H](C(=O)O)C3)c2CC[C@@H]1C. The maximum Gasteiger partial charge on any atom is 0.414 e. The van der Waals surface area contributed by atoms with Crippen molar-refractivity contribution in [1.29, 1.82) is 0 Å². The Hall–Kier alpha value is -3.10. The van der Waals surface area contributed by atoms with Gasteiger partial charge in [0.05, 0.1) is 29.7 Å². The number of carboxylic acids is 1. The van der Waals surface area contributed by atoms with E-state index < -0.39 is 24.1 Å². The number of hydrogen-bond donors (Lipinski definition) is 2. The van der Waals surface area contributed by atoms with E-state index in [1.807, 2.05) is 23.6 Å². The lowest BCUT2D eigenvalue weighted by Gasteiger charge is -2.34. The number of anilines is 1. The molecule has 0 spiro atoms. The van der Waals surface area contributed by atoms with Crippen molar-refractivity contribution in [3.8, 4) is 0 Å². The van der Waals surface area contributed by atoms with Gasteiger partial charge in [-0.1, -0.05) is 30.2 Å². The number of carbonyl (C=O) groups excluding carboxylic acids is 1. The minimum atomic E-state index is -1.02. The summed E-state index contributed by atoms with van der Waals surface area (Å²) in [5.41, 5.74) is 3.92. The molecule has 1 aliphatic carbocycles. The molecule has 4 atom stereocenters. The molecule has 3 aromatic rings. The molecule has 1 aromatic heterocycles. The molecule has 2 N–H and O–H groups in total. The van der Waals surface area contributed by atoms with Crippen LogP contribution in [0.1, 0.15) is 68.1 Å². The third-order valence-corrected chi connectivity index (χ3v) is 7.90. The molecule has 190 valence electrons. The first-order chi connectivity index (χ1) is 17.3. The second-order valence-corrected chi connectivity index (χ2v) is 10.2. The van der Waals surface area contributed by atoms with Gasteiger partial charge in [-0.25, -0.2) is 9.78 Å². The molecule has 36 heavy (non-hydrogen) atoms. The van der Waals surface area contributed by atoms with Crippen molar-refractivity contribution in [3.63, 3.8) is 0 Å². The number of carbonyl (C=O) groups is 2. The second-order valence-electron chi connectivity index (χ2n) is 9.81. The third-order valence-electron chi connectivity index (χ3n) is 7.64. The third kappa shape index (κ3) is 4.22. The molecule has 2 aliphatic rings. The fourth-order valence-electron chi connectivity index (χ4n) is 5.79. The van der Waals surface area contributed by atoms with Gasteiger partial charge in [-0.3, -0.25) is 9.69 Å². The number of fused-ring (bicyclic) bond motifs is 3. The normalized spacial score (nSPS) is 22.8. The fourth-order valence-corrected chi connectivity index (χ4v) is 5.91. The van der Waals surface area contributed by atoms with Crippen LogP contribution in [-0.4, -0.2) is 45.0 Å². The molecule has 5 rings (SSSR count). The van der Waals surface area contributed by atoms with E-state index in [1.165, 1.54) is 7.11 Å². The molecule has 9 heteroatoms. The molecule has 0 radical (unpaired) electrons. The number of aliphatic hydroxyl groups excluding tert-OH is 1. The van der Waals surface area contributed by atoms with Crippen LogP contribution in [0.25, 0.3) is 11.0 Å². The van der Waals surface area contributed by atoms with Crippen LogP contribution in [0, 0.1) is 5.92 Å². The molecule has 0 bridgehead atoms. The predicted molar refractivity (Wildman–Crippen MR) is 137 cm³/mol. The van der Waals surface area contributed by atoms with Crippen molar-refractivity contribution in [3.05, 3.63) is 58.4 Å². The first kappa shape index (κ1) is 24.6. The molecule has 1 saturated carbocycles. The molecular formula is C27H30ClN3O5. The van der Waals surface area contributed by atoms with E-state index in [0.717, 1.165) is 48.0 Å². The van der Waals surface area contributed by atoms with Crippen LogP contribution in [0.3, 0.4) is 0 Å². The van der Waals surface area contributed by atoms with Crippen LogP contribution >= 0.6 is 11.6 Å². The number of aliphatic carboxylic acids is 1. The summed E-state index contributed by atoms with van der Waals surface area (Å²) in [7, 11) is 1.37. The largest absolute Gasteiger partial charge is 0.481 e. The highest BCUT2D eigenvalue weighted by Crippen LogP contribution is 2.42. The van der Waals surface area contributed by atoms with E-state index in [0.29, 0.717) is 29.3 Å². The monoisotopic (exact) mass is 511 g/mol. The molecule has 1 aliphatic heterocycles. The van der Waals surface area contributed by atoms with E-state index in [-0.39, 0.29) is 12.1 Å². The molecular weight excluding hydrogens is 482 g/mol. The number of aryl methyl sites for hydroxylation is 1.